The van der Waals surface area contributed by atoms with Crippen molar-refractivity contribution in [2.75, 3.05) is 25.6 Å². The number of methoxy groups -OCH3 is 1. The summed E-state index contributed by atoms with van der Waals surface area (Å²) in [5, 5.41) is 5.46. The molecule has 0 amide bonds. The normalized spacial score (nSPS) is 10.8. The molecule has 0 spiro atoms. The van der Waals surface area contributed by atoms with Crippen molar-refractivity contribution < 1.29 is 4.74 Å². The van der Waals surface area contributed by atoms with Gasteiger partial charge < -0.3 is 10.1 Å². The van der Waals surface area contributed by atoms with Crippen molar-refractivity contribution in [3.63, 3.8) is 0 Å². The first-order chi connectivity index (χ1) is 14.3. The number of rotatable bonds is 8. The Bertz CT molecular complexity index is 1050. The molecular weight excluding hydrogens is 380 g/mol. The summed E-state index contributed by atoms with van der Waals surface area (Å²) >= 11 is 1.70. The van der Waals surface area contributed by atoms with Gasteiger partial charge in [0.15, 0.2) is 5.82 Å². The molecular formula is C23H22N4OS. The number of thiophene rings is 1. The highest BCUT2D eigenvalue weighted by atomic mass is 32.1. The Morgan fingerprint density at radius 1 is 0.931 bits per heavy atom. The van der Waals surface area contributed by atoms with Crippen LogP contribution >= 0.6 is 11.3 Å². The van der Waals surface area contributed by atoms with Crippen LogP contribution in [-0.4, -0.2) is 35.2 Å². The lowest BCUT2D eigenvalue weighted by molar-refractivity contribution is 0.198. The highest BCUT2D eigenvalue weighted by molar-refractivity contribution is 7.13. The monoisotopic (exact) mass is 402 g/mol. The van der Waals surface area contributed by atoms with Crippen molar-refractivity contribution >= 4 is 17.2 Å². The third kappa shape index (κ3) is 4.85. The van der Waals surface area contributed by atoms with E-state index in [1.165, 1.54) is 4.88 Å². The summed E-state index contributed by atoms with van der Waals surface area (Å²) in [5.74, 6) is 1.49. The van der Waals surface area contributed by atoms with E-state index in [0.717, 1.165) is 41.2 Å². The molecule has 0 aliphatic heterocycles. The molecule has 3 aromatic heterocycles. The van der Waals surface area contributed by atoms with E-state index in [1.54, 1.807) is 18.4 Å². The summed E-state index contributed by atoms with van der Waals surface area (Å²) in [5.41, 5.74) is 3.89. The van der Waals surface area contributed by atoms with Gasteiger partial charge in [-0.05, 0) is 23.9 Å². The molecule has 0 aliphatic carbocycles. The molecule has 3 heterocycles. The fourth-order valence-electron chi connectivity index (χ4n) is 2.99. The molecule has 1 N–H and O–H groups in total. The molecule has 0 saturated heterocycles. The summed E-state index contributed by atoms with van der Waals surface area (Å²) in [6.07, 6.45) is 4.65. The average Bonchev–Trinajstić information content (AvgIpc) is 3.32. The maximum absolute atomic E-state index is 5.13. The molecule has 0 unspecified atom stereocenters. The lowest BCUT2D eigenvalue weighted by Gasteiger charge is -2.11. The third-order valence-electron chi connectivity index (χ3n) is 4.43. The summed E-state index contributed by atoms with van der Waals surface area (Å²) in [6, 6.07) is 18.3. The molecule has 0 aliphatic rings. The van der Waals surface area contributed by atoms with Gasteiger partial charge in [0.05, 0.1) is 5.69 Å². The molecule has 6 heteroatoms. The van der Waals surface area contributed by atoms with Gasteiger partial charge in [-0.2, -0.15) is 0 Å². The lowest BCUT2D eigenvalue weighted by Crippen LogP contribution is -2.07. The van der Waals surface area contributed by atoms with E-state index >= 15 is 0 Å². The van der Waals surface area contributed by atoms with Crippen molar-refractivity contribution in [1.82, 2.24) is 15.0 Å². The van der Waals surface area contributed by atoms with Crippen LogP contribution in [0.1, 0.15) is 6.42 Å². The number of hydrogen-bond donors (Lipinski definition) is 1. The SMILES string of the molecule is COCCCNc1cc(-c2cncc(-c3cccs3)c2)nc(-c2ccccc2)n1. The highest BCUT2D eigenvalue weighted by Gasteiger charge is 2.10. The number of anilines is 1. The smallest absolute Gasteiger partial charge is 0.162 e. The summed E-state index contributed by atoms with van der Waals surface area (Å²) < 4.78 is 5.13. The van der Waals surface area contributed by atoms with Gasteiger partial charge in [0, 0.05) is 60.3 Å². The molecule has 0 radical (unpaired) electrons. The van der Waals surface area contributed by atoms with Gasteiger partial charge in [-0.1, -0.05) is 36.4 Å². The quantitative estimate of drug-likeness (QED) is 0.401. The first-order valence-corrected chi connectivity index (χ1v) is 10.4. The summed E-state index contributed by atoms with van der Waals surface area (Å²) in [7, 11) is 1.71. The molecule has 29 heavy (non-hydrogen) atoms. The van der Waals surface area contributed by atoms with Crippen LogP contribution in [0.2, 0.25) is 0 Å². The van der Waals surface area contributed by atoms with E-state index in [2.05, 4.69) is 27.8 Å². The van der Waals surface area contributed by atoms with Crippen molar-refractivity contribution in [2.45, 2.75) is 6.42 Å². The summed E-state index contributed by atoms with van der Waals surface area (Å²) in [6.45, 7) is 1.50. The van der Waals surface area contributed by atoms with Crippen LogP contribution in [0.4, 0.5) is 5.82 Å². The zero-order valence-electron chi connectivity index (χ0n) is 16.2. The predicted molar refractivity (Wildman–Crippen MR) is 119 cm³/mol. The van der Waals surface area contributed by atoms with E-state index in [1.807, 2.05) is 54.9 Å². The Morgan fingerprint density at radius 2 is 1.79 bits per heavy atom. The number of hydrogen-bond acceptors (Lipinski definition) is 6. The molecule has 0 bridgehead atoms. The molecule has 4 rings (SSSR count). The van der Waals surface area contributed by atoms with E-state index < -0.39 is 0 Å². The van der Waals surface area contributed by atoms with Crippen molar-refractivity contribution in [3.8, 4) is 33.1 Å². The van der Waals surface area contributed by atoms with Crippen LogP contribution in [0, 0.1) is 0 Å². The second-order valence-corrected chi connectivity index (χ2v) is 7.49. The first kappa shape index (κ1) is 19.2. The fraction of sp³-hybridized carbons (Fsp3) is 0.174. The van der Waals surface area contributed by atoms with Gasteiger partial charge in [0.2, 0.25) is 0 Å². The summed E-state index contributed by atoms with van der Waals surface area (Å²) in [4.78, 5) is 15.2. The second-order valence-electron chi connectivity index (χ2n) is 6.54. The third-order valence-corrected chi connectivity index (χ3v) is 5.35. The Hall–Kier alpha value is -3.09. The topological polar surface area (TPSA) is 59.9 Å². The van der Waals surface area contributed by atoms with E-state index in [9.17, 15) is 0 Å². The maximum atomic E-state index is 5.13. The zero-order chi connectivity index (χ0) is 19.9. The Labute approximate surface area is 174 Å². The Morgan fingerprint density at radius 3 is 2.59 bits per heavy atom. The molecule has 0 atom stereocenters. The molecule has 5 nitrogen and oxygen atoms in total. The molecule has 4 aromatic rings. The van der Waals surface area contributed by atoms with Gasteiger partial charge in [0.25, 0.3) is 0 Å². The number of pyridine rings is 1. The fourth-order valence-corrected chi connectivity index (χ4v) is 3.70. The van der Waals surface area contributed by atoms with Crippen LogP contribution < -0.4 is 5.32 Å². The molecule has 0 saturated carbocycles. The molecule has 1 aromatic carbocycles. The minimum Gasteiger partial charge on any atom is -0.385 e. The minimum absolute atomic E-state index is 0.693. The van der Waals surface area contributed by atoms with Crippen molar-refractivity contribution in [1.29, 1.82) is 0 Å². The Kier molecular flexibility index (Phi) is 6.24. The van der Waals surface area contributed by atoms with E-state index in [0.29, 0.717) is 12.4 Å². The first-order valence-electron chi connectivity index (χ1n) is 9.50. The number of ether oxygens (including phenoxy) is 1. The molecule has 0 fully saturated rings. The van der Waals surface area contributed by atoms with Gasteiger partial charge in [0.1, 0.15) is 5.82 Å². The van der Waals surface area contributed by atoms with Crippen molar-refractivity contribution in [3.05, 3.63) is 72.4 Å². The number of benzene rings is 1. The molecule has 146 valence electrons. The standard InChI is InChI=1S/C23H22N4OS/c1-28-11-6-10-25-22-14-20(26-23(27-22)17-7-3-2-4-8-17)18-13-19(16-24-15-18)21-9-5-12-29-21/h2-5,7-9,12-16H,6,10-11H2,1H3,(H,25,26,27). The van der Waals surface area contributed by atoms with Crippen LogP contribution in [0.5, 0.6) is 0 Å². The zero-order valence-corrected chi connectivity index (χ0v) is 17.0. The number of nitrogens with one attached hydrogen (secondary N) is 1. The number of aromatic nitrogens is 3. The predicted octanol–water partition coefficient (Wildman–Crippen LogP) is 5.38. The van der Waals surface area contributed by atoms with Gasteiger partial charge >= 0.3 is 0 Å². The van der Waals surface area contributed by atoms with Crippen molar-refractivity contribution in [2.24, 2.45) is 0 Å². The average molecular weight is 403 g/mol. The largest absolute Gasteiger partial charge is 0.385 e. The van der Waals surface area contributed by atoms with E-state index in [4.69, 9.17) is 14.7 Å². The second kappa shape index (κ2) is 9.41. The minimum atomic E-state index is 0.693. The van der Waals surface area contributed by atoms with Crippen LogP contribution in [-0.2, 0) is 4.74 Å². The van der Waals surface area contributed by atoms with Gasteiger partial charge in [-0.25, -0.2) is 9.97 Å². The van der Waals surface area contributed by atoms with Gasteiger partial charge in [-0.15, -0.1) is 11.3 Å². The Balaban J connectivity index is 1.71. The van der Waals surface area contributed by atoms with Crippen LogP contribution in [0.3, 0.4) is 0 Å². The maximum Gasteiger partial charge on any atom is 0.162 e. The van der Waals surface area contributed by atoms with Crippen LogP contribution in [0.25, 0.3) is 33.1 Å². The van der Waals surface area contributed by atoms with Crippen LogP contribution in [0.15, 0.2) is 72.4 Å². The lowest BCUT2D eigenvalue weighted by atomic mass is 10.1. The highest BCUT2D eigenvalue weighted by Crippen LogP contribution is 2.29. The van der Waals surface area contributed by atoms with Gasteiger partial charge in [-0.3, -0.25) is 4.98 Å². The number of nitrogens with zero attached hydrogens (tertiary/aromatic N) is 3. The van der Waals surface area contributed by atoms with E-state index in [-0.39, 0.29) is 0 Å².